The van der Waals surface area contributed by atoms with Crippen LogP contribution in [0.15, 0.2) is 89.6 Å². The number of carbonyl (C=O) groups excluding carboxylic acids is 1. The van der Waals surface area contributed by atoms with E-state index in [4.69, 9.17) is 11.6 Å². The molecule has 1 heterocycles. The molecule has 6 heteroatoms. The molecule has 0 saturated carbocycles. The first-order chi connectivity index (χ1) is 14.7. The zero-order valence-electron chi connectivity index (χ0n) is 16.2. The molecule has 1 aliphatic rings. The second-order valence-electron chi connectivity index (χ2n) is 6.84. The van der Waals surface area contributed by atoms with Crippen LogP contribution in [0.5, 0.6) is 0 Å². The largest absolute Gasteiger partial charge is 0.285 e. The van der Waals surface area contributed by atoms with Crippen LogP contribution in [0.25, 0.3) is 10.8 Å². The SMILES string of the molecule is C=CCN1C(=O)C(Cc2ccccc2Cl)SC1=NN=Cc1cccc2ccccc12. The van der Waals surface area contributed by atoms with Gasteiger partial charge < -0.3 is 0 Å². The summed E-state index contributed by atoms with van der Waals surface area (Å²) >= 11 is 7.69. The number of nitrogens with zero attached hydrogens (tertiary/aromatic N) is 3. The Hall–Kier alpha value is -2.89. The van der Waals surface area contributed by atoms with E-state index in [1.54, 1.807) is 17.2 Å². The zero-order chi connectivity index (χ0) is 20.9. The highest BCUT2D eigenvalue weighted by Gasteiger charge is 2.37. The van der Waals surface area contributed by atoms with E-state index in [1.807, 2.05) is 48.5 Å². The van der Waals surface area contributed by atoms with Crippen LogP contribution >= 0.6 is 23.4 Å². The van der Waals surface area contributed by atoms with Gasteiger partial charge in [-0.1, -0.05) is 90.1 Å². The average Bonchev–Trinajstić information content (AvgIpc) is 3.05. The molecule has 0 aromatic heterocycles. The van der Waals surface area contributed by atoms with E-state index in [2.05, 4.69) is 35.0 Å². The van der Waals surface area contributed by atoms with Gasteiger partial charge in [-0.15, -0.1) is 11.7 Å². The number of amides is 1. The van der Waals surface area contributed by atoms with E-state index in [0.29, 0.717) is 23.2 Å². The molecular formula is C24H20ClN3OS. The Morgan fingerprint density at radius 2 is 1.83 bits per heavy atom. The summed E-state index contributed by atoms with van der Waals surface area (Å²) in [6.07, 6.45) is 3.97. The van der Waals surface area contributed by atoms with E-state index in [1.165, 1.54) is 11.8 Å². The number of fused-ring (bicyclic) bond motifs is 1. The van der Waals surface area contributed by atoms with Crippen molar-refractivity contribution >= 4 is 51.4 Å². The minimum Gasteiger partial charge on any atom is -0.285 e. The highest BCUT2D eigenvalue weighted by molar-refractivity contribution is 8.15. The number of amidine groups is 1. The normalized spacial score (nSPS) is 18.0. The maximum atomic E-state index is 12.9. The van der Waals surface area contributed by atoms with E-state index < -0.39 is 0 Å². The van der Waals surface area contributed by atoms with Gasteiger partial charge in [0.25, 0.3) is 0 Å². The molecule has 3 aromatic rings. The van der Waals surface area contributed by atoms with Crippen molar-refractivity contribution in [1.29, 1.82) is 0 Å². The first-order valence-corrected chi connectivity index (χ1v) is 10.8. The van der Waals surface area contributed by atoms with Crippen LogP contribution in [-0.2, 0) is 11.2 Å². The zero-order valence-corrected chi connectivity index (χ0v) is 17.8. The van der Waals surface area contributed by atoms with E-state index in [-0.39, 0.29) is 11.2 Å². The first-order valence-electron chi connectivity index (χ1n) is 9.58. The molecule has 1 amide bonds. The first kappa shape index (κ1) is 20.4. The van der Waals surface area contributed by atoms with Gasteiger partial charge >= 0.3 is 0 Å². The van der Waals surface area contributed by atoms with Crippen LogP contribution in [0.3, 0.4) is 0 Å². The molecule has 0 spiro atoms. The number of benzene rings is 3. The Kier molecular flexibility index (Phi) is 6.31. The quantitative estimate of drug-likeness (QED) is 0.290. The van der Waals surface area contributed by atoms with Crippen molar-refractivity contribution in [1.82, 2.24) is 4.90 Å². The number of hydrogen-bond donors (Lipinski definition) is 0. The maximum absolute atomic E-state index is 12.9. The summed E-state index contributed by atoms with van der Waals surface area (Å²) in [5.41, 5.74) is 1.93. The summed E-state index contributed by atoms with van der Waals surface area (Å²) in [4.78, 5) is 14.5. The molecule has 0 aliphatic carbocycles. The van der Waals surface area contributed by atoms with Crippen molar-refractivity contribution < 1.29 is 4.79 Å². The van der Waals surface area contributed by atoms with Gasteiger partial charge in [-0.25, -0.2) is 0 Å². The lowest BCUT2D eigenvalue weighted by atomic mass is 10.1. The number of carbonyl (C=O) groups is 1. The summed E-state index contributed by atoms with van der Waals surface area (Å²) in [5, 5.41) is 11.9. The van der Waals surface area contributed by atoms with Crippen molar-refractivity contribution in [3.63, 3.8) is 0 Å². The van der Waals surface area contributed by atoms with Crippen molar-refractivity contribution in [3.8, 4) is 0 Å². The summed E-state index contributed by atoms with van der Waals surface area (Å²) in [6, 6.07) is 21.8. The fourth-order valence-corrected chi connectivity index (χ4v) is 4.72. The van der Waals surface area contributed by atoms with Gasteiger partial charge in [0.05, 0.1) is 11.5 Å². The molecule has 4 rings (SSSR count). The Balaban J connectivity index is 1.57. The summed E-state index contributed by atoms with van der Waals surface area (Å²) in [6.45, 7) is 4.16. The third-order valence-corrected chi connectivity index (χ3v) is 6.39. The second kappa shape index (κ2) is 9.28. The summed E-state index contributed by atoms with van der Waals surface area (Å²) in [7, 11) is 0. The molecular weight excluding hydrogens is 414 g/mol. The lowest BCUT2D eigenvalue weighted by Crippen LogP contribution is -2.32. The lowest BCUT2D eigenvalue weighted by Gasteiger charge is -2.13. The minimum atomic E-state index is -0.281. The fraction of sp³-hybridized carbons (Fsp3) is 0.125. The lowest BCUT2D eigenvalue weighted by molar-refractivity contribution is -0.125. The Bertz CT molecular complexity index is 1150. The Morgan fingerprint density at radius 3 is 2.67 bits per heavy atom. The van der Waals surface area contributed by atoms with Crippen molar-refractivity contribution in [2.45, 2.75) is 11.7 Å². The Morgan fingerprint density at radius 1 is 1.07 bits per heavy atom. The number of rotatable bonds is 6. The maximum Gasteiger partial charge on any atom is 0.242 e. The molecule has 1 aliphatic heterocycles. The average molecular weight is 434 g/mol. The second-order valence-corrected chi connectivity index (χ2v) is 8.41. The molecule has 4 nitrogen and oxygen atoms in total. The molecule has 0 bridgehead atoms. The van der Waals surface area contributed by atoms with Crippen LogP contribution in [-0.4, -0.2) is 34.0 Å². The number of hydrogen-bond acceptors (Lipinski definition) is 4. The third-order valence-electron chi connectivity index (χ3n) is 4.86. The van der Waals surface area contributed by atoms with Crippen LogP contribution < -0.4 is 0 Å². The number of thioether (sulfide) groups is 1. The third kappa shape index (κ3) is 4.32. The molecule has 0 N–H and O–H groups in total. The molecule has 1 atom stereocenters. The smallest absolute Gasteiger partial charge is 0.242 e. The van der Waals surface area contributed by atoms with Crippen molar-refractivity contribution in [2.75, 3.05) is 6.54 Å². The molecule has 1 fully saturated rings. The predicted octanol–water partition coefficient (Wildman–Crippen LogP) is 5.56. The van der Waals surface area contributed by atoms with E-state index in [9.17, 15) is 4.79 Å². The molecule has 1 saturated heterocycles. The Labute approximate surface area is 185 Å². The van der Waals surface area contributed by atoms with Crippen LogP contribution in [0, 0.1) is 0 Å². The highest BCUT2D eigenvalue weighted by atomic mass is 35.5. The summed E-state index contributed by atoms with van der Waals surface area (Å²) in [5.74, 6) is -0.000990. The van der Waals surface area contributed by atoms with Crippen molar-refractivity contribution in [2.24, 2.45) is 10.2 Å². The van der Waals surface area contributed by atoms with Gasteiger partial charge in [-0.3, -0.25) is 9.69 Å². The highest BCUT2D eigenvalue weighted by Crippen LogP contribution is 2.31. The number of halogens is 1. The van der Waals surface area contributed by atoms with Gasteiger partial charge in [-0.05, 0) is 28.8 Å². The van der Waals surface area contributed by atoms with Crippen LogP contribution in [0.2, 0.25) is 5.02 Å². The van der Waals surface area contributed by atoms with Gasteiger partial charge in [-0.2, -0.15) is 5.10 Å². The predicted molar refractivity (Wildman–Crippen MR) is 127 cm³/mol. The molecule has 0 radical (unpaired) electrons. The van der Waals surface area contributed by atoms with Crippen LogP contribution in [0.4, 0.5) is 0 Å². The van der Waals surface area contributed by atoms with Crippen molar-refractivity contribution in [3.05, 3.63) is 95.5 Å². The standard InChI is InChI=1S/C24H20ClN3OS/c1-2-14-28-23(29)22(15-18-9-4-6-13-21(18)25)30-24(28)27-26-16-19-11-7-10-17-8-3-5-12-20(17)19/h2-13,16,22H,1,14-15H2. The minimum absolute atomic E-state index is 0.000990. The molecule has 3 aromatic carbocycles. The summed E-state index contributed by atoms with van der Waals surface area (Å²) < 4.78 is 0. The fourth-order valence-electron chi connectivity index (χ4n) is 3.38. The van der Waals surface area contributed by atoms with Gasteiger partial charge in [0.1, 0.15) is 0 Å². The van der Waals surface area contributed by atoms with E-state index in [0.717, 1.165) is 21.9 Å². The monoisotopic (exact) mass is 433 g/mol. The van der Waals surface area contributed by atoms with Gasteiger partial charge in [0.15, 0.2) is 5.17 Å². The topological polar surface area (TPSA) is 45.0 Å². The van der Waals surface area contributed by atoms with Crippen LogP contribution in [0.1, 0.15) is 11.1 Å². The van der Waals surface area contributed by atoms with Gasteiger partial charge in [0, 0.05) is 17.1 Å². The van der Waals surface area contributed by atoms with Gasteiger partial charge in [0.2, 0.25) is 5.91 Å². The van der Waals surface area contributed by atoms with E-state index >= 15 is 0 Å². The molecule has 1 unspecified atom stereocenters. The molecule has 30 heavy (non-hydrogen) atoms. The molecule has 150 valence electrons.